The molecule has 0 aromatic carbocycles. The number of carbonyl (C=O) groups excluding carboxylic acids is 1. The van der Waals surface area contributed by atoms with Crippen molar-refractivity contribution in [1.29, 1.82) is 0 Å². The lowest BCUT2D eigenvalue weighted by Crippen LogP contribution is -2.51. The molecule has 108 valence electrons. The summed E-state index contributed by atoms with van der Waals surface area (Å²) < 4.78 is 0. The van der Waals surface area contributed by atoms with Crippen molar-refractivity contribution < 1.29 is 9.90 Å². The first-order valence-corrected chi connectivity index (χ1v) is 7.80. The maximum Gasteiger partial charge on any atom is 0.315 e. The van der Waals surface area contributed by atoms with Crippen LogP contribution in [-0.2, 0) is 0 Å². The number of aliphatic hydroxyl groups is 1. The number of nitrogens with one attached hydrogen (secondary N) is 2. The predicted octanol–water partition coefficient (Wildman–Crippen LogP) is 2.03. The summed E-state index contributed by atoms with van der Waals surface area (Å²) in [6.45, 7) is 2.23. The van der Waals surface area contributed by atoms with E-state index >= 15 is 0 Å². The molecule has 19 heavy (non-hydrogen) atoms. The van der Waals surface area contributed by atoms with Gasteiger partial charge >= 0.3 is 6.03 Å². The second kappa shape index (κ2) is 4.97. The van der Waals surface area contributed by atoms with E-state index in [0.717, 1.165) is 31.1 Å². The third-order valence-electron chi connectivity index (χ3n) is 5.31. The second-order valence-corrected chi connectivity index (χ2v) is 7.08. The first-order valence-electron chi connectivity index (χ1n) is 7.80. The number of aliphatic hydroxyl groups excluding tert-OH is 1. The molecule has 0 aromatic rings. The summed E-state index contributed by atoms with van der Waals surface area (Å²) in [5, 5.41) is 15.8. The Kier molecular flexibility index (Phi) is 3.46. The minimum Gasteiger partial charge on any atom is -0.396 e. The summed E-state index contributed by atoms with van der Waals surface area (Å²) in [4.78, 5) is 12.2. The quantitative estimate of drug-likeness (QED) is 0.713. The van der Waals surface area contributed by atoms with Crippen LogP contribution < -0.4 is 10.6 Å². The SMILES string of the molecule is CC1(CO)CCCC1NC(=O)NC(C1CC1)C1CC1. The molecule has 4 heteroatoms. The van der Waals surface area contributed by atoms with Gasteiger partial charge in [0.2, 0.25) is 0 Å². The molecule has 4 nitrogen and oxygen atoms in total. The number of urea groups is 1. The summed E-state index contributed by atoms with van der Waals surface area (Å²) >= 11 is 0. The number of rotatable bonds is 5. The molecule has 0 saturated heterocycles. The normalized spacial score (nSPS) is 34.6. The molecule has 2 atom stereocenters. The van der Waals surface area contributed by atoms with E-state index in [1.54, 1.807) is 0 Å². The largest absolute Gasteiger partial charge is 0.396 e. The Morgan fingerprint density at radius 3 is 2.42 bits per heavy atom. The Balaban J connectivity index is 1.53. The minimum atomic E-state index is -0.133. The van der Waals surface area contributed by atoms with Crippen LogP contribution in [0.25, 0.3) is 0 Å². The third kappa shape index (κ3) is 2.88. The molecule has 3 fully saturated rings. The lowest BCUT2D eigenvalue weighted by molar-refractivity contribution is 0.120. The lowest BCUT2D eigenvalue weighted by atomic mass is 9.86. The Morgan fingerprint density at radius 2 is 1.89 bits per heavy atom. The first-order chi connectivity index (χ1) is 9.12. The highest BCUT2D eigenvalue weighted by Gasteiger charge is 2.43. The van der Waals surface area contributed by atoms with Crippen molar-refractivity contribution in [1.82, 2.24) is 10.6 Å². The van der Waals surface area contributed by atoms with Crippen LogP contribution >= 0.6 is 0 Å². The molecular weight excluding hydrogens is 240 g/mol. The fourth-order valence-corrected chi connectivity index (χ4v) is 3.55. The van der Waals surface area contributed by atoms with Gasteiger partial charge in [0.15, 0.2) is 0 Å². The van der Waals surface area contributed by atoms with Crippen LogP contribution in [0, 0.1) is 17.3 Å². The van der Waals surface area contributed by atoms with E-state index in [4.69, 9.17) is 0 Å². The van der Waals surface area contributed by atoms with E-state index in [2.05, 4.69) is 17.6 Å². The van der Waals surface area contributed by atoms with Crippen molar-refractivity contribution in [2.75, 3.05) is 6.61 Å². The minimum absolute atomic E-state index is 0.0182. The van der Waals surface area contributed by atoms with Crippen molar-refractivity contribution in [2.24, 2.45) is 17.3 Å². The highest BCUT2D eigenvalue weighted by atomic mass is 16.3. The van der Waals surface area contributed by atoms with Gasteiger partial charge in [-0.2, -0.15) is 0 Å². The summed E-state index contributed by atoms with van der Waals surface area (Å²) in [5.74, 6) is 1.46. The van der Waals surface area contributed by atoms with Gasteiger partial charge in [-0.25, -0.2) is 4.79 Å². The van der Waals surface area contributed by atoms with Crippen molar-refractivity contribution >= 4 is 6.03 Å². The molecular formula is C15H26N2O2. The molecule has 0 aromatic heterocycles. The van der Waals surface area contributed by atoms with Crippen molar-refractivity contribution in [3.8, 4) is 0 Å². The highest BCUT2D eigenvalue weighted by molar-refractivity contribution is 5.75. The van der Waals surface area contributed by atoms with E-state index in [1.807, 2.05) is 0 Å². The van der Waals surface area contributed by atoms with Crippen molar-refractivity contribution in [2.45, 2.75) is 64.0 Å². The summed E-state index contributed by atoms with van der Waals surface area (Å²) in [6.07, 6.45) is 8.19. The zero-order chi connectivity index (χ0) is 13.5. The van der Waals surface area contributed by atoms with Crippen LogP contribution in [0.2, 0.25) is 0 Å². The molecule has 3 aliphatic carbocycles. The number of amides is 2. The van der Waals surface area contributed by atoms with Crippen LogP contribution in [0.1, 0.15) is 51.9 Å². The maximum atomic E-state index is 12.2. The average molecular weight is 266 g/mol. The number of hydrogen-bond acceptors (Lipinski definition) is 2. The van der Waals surface area contributed by atoms with E-state index in [9.17, 15) is 9.90 Å². The van der Waals surface area contributed by atoms with Gasteiger partial charge in [-0.3, -0.25) is 0 Å². The Morgan fingerprint density at radius 1 is 1.26 bits per heavy atom. The van der Waals surface area contributed by atoms with Crippen LogP contribution in [0.3, 0.4) is 0 Å². The molecule has 0 spiro atoms. The predicted molar refractivity (Wildman–Crippen MR) is 73.7 cm³/mol. The molecule has 0 heterocycles. The van der Waals surface area contributed by atoms with Gasteiger partial charge in [-0.15, -0.1) is 0 Å². The van der Waals surface area contributed by atoms with Gasteiger partial charge in [0, 0.05) is 17.5 Å². The van der Waals surface area contributed by atoms with Crippen LogP contribution in [0.15, 0.2) is 0 Å². The van der Waals surface area contributed by atoms with Crippen molar-refractivity contribution in [3.05, 3.63) is 0 Å². The van der Waals surface area contributed by atoms with E-state index < -0.39 is 0 Å². The standard InChI is InChI=1S/C15H26N2O2/c1-15(9-18)8-2-3-12(15)16-14(19)17-13(10-4-5-10)11-6-7-11/h10-13,18H,2-9H2,1H3,(H2,16,17,19). The number of hydrogen-bond donors (Lipinski definition) is 3. The van der Waals surface area contributed by atoms with Crippen molar-refractivity contribution in [3.63, 3.8) is 0 Å². The molecule has 0 radical (unpaired) electrons. The van der Waals surface area contributed by atoms with Gasteiger partial charge in [0.05, 0.1) is 6.61 Å². The fourth-order valence-electron chi connectivity index (χ4n) is 3.55. The monoisotopic (exact) mass is 266 g/mol. The lowest BCUT2D eigenvalue weighted by Gasteiger charge is -2.31. The van der Waals surface area contributed by atoms with E-state index in [1.165, 1.54) is 25.7 Å². The smallest absolute Gasteiger partial charge is 0.315 e. The number of carbonyl (C=O) groups is 1. The Labute approximate surface area is 115 Å². The topological polar surface area (TPSA) is 61.4 Å². The zero-order valence-corrected chi connectivity index (χ0v) is 11.8. The highest BCUT2D eigenvalue weighted by Crippen LogP contribution is 2.44. The molecule has 0 aliphatic heterocycles. The van der Waals surface area contributed by atoms with Gasteiger partial charge in [-0.1, -0.05) is 13.3 Å². The summed E-state index contributed by atoms with van der Waals surface area (Å²) in [5.41, 5.74) is -0.133. The van der Waals surface area contributed by atoms with Gasteiger partial charge in [-0.05, 0) is 50.4 Å². The zero-order valence-electron chi connectivity index (χ0n) is 11.8. The van der Waals surface area contributed by atoms with E-state index in [-0.39, 0.29) is 24.1 Å². The van der Waals surface area contributed by atoms with Gasteiger partial charge in [0.1, 0.15) is 0 Å². The second-order valence-electron chi connectivity index (χ2n) is 7.08. The third-order valence-corrected chi connectivity index (χ3v) is 5.31. The fraction of sp³-hybridized carbons (Fsp3) is 0.933. The van der Waals surface area contributed by atoms with E-state index in [0.29, 0.717) is 6.04 Å². The Hall–Kier alpha value is -0.770. The first kappa shape index (κ1) is 13.2. The Bertz CT molecular complexity index is 340. The molecule has 2 amide bonds. The van der Waals surface area contributed by atoms with Gasteiger partial charge < -0.3 is 15.7 Å². The molecule has 3 N–H and O–H groups in total. The van der Waals surface area contributed by atoms with Gasteiger partial charge in [0.25, 0.3) is 0 Å². The maximum absolute atomic E-state index is 12.2. The average Bonchev–Trinajstić information content (AvgIpc) is 3.27. The molecule has 0 bridgehead atoms. The molecule has 3 rings (SSSR count). The summed E-state index contributed by atoms with van der Waals surface area (Å²) in [6, 6.07) is 0.508. The molecule has 3 saturated carbocycles. The van der Waals surface area contributed by atoms with Crippen LogP contribution in [-0.4, -0.2) is 29.8 Å². The molecule has 2 unspecified atom stereocenters. The van der Waals surface area contributed by atoms with Crippen LogP contribution in [0.5, 0.6) is 0 Å². The summed E-state index contributed by atoms with van der Waals surface area (Å²) in [7, 11) is 0. The molecule has 3 aliphatic rings. The van der Waals surface area contributed by atoms with Crippen LogP contribution in [0.4, 0.5) is 4.79 Å².